The monoisotopic (exact) mass is 434 g/mol. The van der Waals surface area contributed by atoms with Crippen molar-refractivity contribution in [3.8, 4) is 0 Å². The van der Waals surface area contributed by atoms with Gasteiger partial charge in [0, 0.05) is 11.5 Å². The van der Waals surface area contributed by atoms with Gasteiger partial charge in [0.25, 0.3) is 5.91 Å². The number of carbonyl (C=O) groups is 2. The maximum absolute atomic E-state index is 13.2. The van der Waals surface area contributed by atoms with Crippen LogP contribution >= 0.6 is 0 Å². The summed E-state index contributed by atoms with van der Waals surface area (Å²) in [5.74, 6) is -0.878. The summed E-state index contributed by atoms with van der Waals surface area (Å²) in [4.78, 5) is 31.7. The number of ether oxygens (including phenoxy) is 1. The highest BCUT2D eigenvalue weighted by Crippen LogP contribution is 2.35. The fourth-order valence-corrected chi connectivity index (χ4v) is 4.12. The Morgan fingerprint density at radius 2 is 1.45 bits per heavy atom. The molecule has 1 aliphatic rings. The molecule has 1 amide bonds. The lowest BCUT2D eigenvalue weighted by molar-refractivity contribution is -0.142. The zero-order chi connectivity index (χ0) is 22.6. The summed E-state index contributed by atoms with van der Waals surface area (Å²) in [5, 5.41) is 1.03. The van der Waals surface area contributed by atoms with Gasteiger partial charge in [-0.2, -0.15) is 0 Å². The van der Waals surface area contributed by atoms with Crippen molar-refractivity contribution < 1.29 is 14.3 Å². The summed E-state index contributed by atoms with van der Waals surface area (Å²) in [5.41, 5.74) is 5.35. The van der Waals surface area contributed by atoms with Gasteiger partial charge < -0.3 is 4.74 Å². The third-order valence-corrected chi connectivity index (χ3v) is 5.73. The molecule has 0 bridgehead atoms. The topological polar surface area (TPSA) is 59.5 Å². The largest absolute Gasteiger partial charge is 0.452 e. The Balaban J connectivity index is 1.31. The molecular formula is C28H22N2O3. The molecule has 5 heteroatoms. The molecule has 0 N–H and O–H groups in total. The Hall–Kier alpha value is -4.25. The van der Waals surface area contributed by atoms with E-state index in [1.165, 1.54) is 6.08 Å². The van der Waals surface area contributed by atoms with Gasteiger partial charge in [-0.15, -0.1) is 0 Å². The van der Waals surface area contributed by atoms with Crippen LogP contribution in [0, 0.1) is 0 Å². The van der Waals surface area contributed by atoms with Crippen LogP contribution in [0.1, 0.15) is 16.8 Å². The molecule has 0 radical (unpaired) electrons. The third kappa shape index (κ3) is 4.39. The summed E-state index contributed by atoms with van der Waals surface area (Å²) < 4.78 is 5.29. The second-order valence-electron chi connectivity index (χ2n) is 7.86. The second kappa shape index (κ2) is 9.09. The van der Waals surface area contributed by atoms with Crippen molar-refractivity contribution in [2.45, 2.75) is 12.8 Å². The predicted molar refractivity (Wildman–Crippen MR) is 129 cm³/mol. The van der Waals surface area contributed by atoms with E-state index in [0.717, 1.165) is 46.2 Å². The first kappa shape index (κ1) is 20.6. The average molecular weight is 434 g/mol. The Labute approximate surface area is 192 Å². The number of nitrogens with zero attached hydrogens (tertiary/aromatic N) is 2. The maximum atomic E-state index is 13.2. The Kier molecular flexibility index (Phi) is 5.68. The van der Waals surface area contributed by atoms with Crippen molar-refractivity contribution in [2.75, 3.05) is 11.5 Å². The first-order valence-electron chi connectivity index (χ1n) is 10.9. The quantitative estimate of drug-likeness (QED) is 0.325. The molecule has 0 fully saturated rings. The van der Waals surface area contributed by atoms with Gasteiger partial charge in [0.1, 0.15) is 0 Å². The number of pyridine rings is 1. The number of esters is 1. The zero-order valence-corrected chi connectivity index (χ0v) is 18.0. The molecule has 5 nitrogen and oxygen atoms in total. The molecule has 0 saturated carbocycles. The minimum absolute atomic E-state index is 0.289. The number of hydrogen-bond acceptors (Lipinski definition) is 4. The Bertz CT molecular complexity index is 1330. The van der Waals surface area contributed by atoms with Crippen LogP contribution < -0.4 is 4.90 Å². The molecule has 0 spiro atoms. The molecule has 5 rings (SSSR count). The van der Waals surface area contributed by atoms with Crippen molar-refractivity contribution in [2.24, 2.45) is 0 Å². The van der Waals surface area contributed by atoms with Gasteiger partial charge in [0.05, 0.1) is 22.6 Å². The molecular weight excluding hydrogens is 412 g/mol. The van der Waals surface area contributed by atoms with Crippen LogP contribution in [0.3, 0.4) is 0 Å². The van der Waals surface area contributed by atoms with Gasteiger partial charge >= 0.3 is 5.97 Å². The Morgan fingerprint density at radius 3 is 2.18 bits per heavy atom. The van der Waals surface area contributed by atoms with Crippen LogP contribution in [0.5, 0.6) is 0 Å². The number of hydrogen-bond donors (Lipinski definition) is 0. The van der Waals surface area contributed by atoms with Crippen LogP contribution in [0.2, 0.25) is 0 Å². The molecule has 1 aliphatic heterocycles. The standard InChI is InChI=1S/C28H22N2O3/c31-27(19-33-28(32)18-17-23-16-15-20-7-1-4-10-24(20)29-23)30-25-11-5-2-8-21(25)13-14-22-9-3-6-12-26(22)30/h1-12,15-18H,13-14,19H2/b18-17+. The highest BCUT2D eigenvalue weighted by atomic mass is 16.5. The smallest absolute Gasteiger partial charge is 0.331 e. The lowest BCUT2D eigenvalue weighted by Crippen LogP contribution is -2.31. The van der Waals surface area contributed by atoms with Crippen LogP contribution in [0.4, 0.5) is 11.4 Å². The highest BCUT2D eigenvalue weighted by molar-refractivity contribution is 6.04. The summed E-state index contributed by atoms with van der Waals surface area (Å²) in [6.45, 7) is -0.350. The average Bonchev–Trinajstić information content (AvgIpc) is 3.03. The molecule has 3 aromatic carbocycles. The minimum Gasteiger partial charge on any atom is -0.452 e. The molecule has 0 saturated heterocycles. The fourth-order valence-electron chi connectivity index (χ4n) is 4.12. The van der Waals surface area contributed by atoms with E-state index in [4.69, 9.17) is 4.74 Å². The summed E-state index contributed by atoms with van der Waals surface area (Å²) >= 11 is 0. The summed E-state index contributed by atoms with van der Waals surface area (Å²) in [7, 11) is 0. The van der Waals surface area contributed by atoms with Gasteiger partial charge in [-0.3, -0.25) is 9.69 Å². The number of aryl methyl sites for hydroxylation is 2. The molecule has 2 heterocycles. The van der Waals surface area contributed by atoms with E-state index in [0.29, 0.717) is 5.69 Å². The van der Waals surface area contributed by atoms with Crippen LogP contribution in [-0.4, -0.2) is 23.5 Å². The zero-order valence-electron chi connectivity index (χ0n) is 18.0. The summed E-state index contributed by atoms with van der Waals surface area (Å²) in [6, 6.07) is 27.3. The first-order chi connectivity index (χ1) is 16.2. The van der Waals surface area contributed by atoms with Crippen molar-refractivity contribution in [3.05, 3.63) is 108 Å². The molecule has 0 unspecified atom stereocenters. The number of aromatic nitrogens is 1. The van der Waals surface area contributed by atoms with Crippen molar-refractivity contribution in [3.63, 3.8) is 0 Å². The molecule has 0 aliphatic carbocycles. The van der Waals surface area contributed by atoms with Gasteiger partial charge in [0.2, 0.25) is 0 Å². The van der Waals surface area contributed by atoms with Crippen molar-refractivity contribution in [1.29, 1.82) is 0 Å². The third-order valence-electron chi connectivity index (χ3n) is 5.73. The van der Waals surface area contributed by atoms with Crippen molar-refractivity contribution >= 4 is 40.2 Å². The van der Waals surface area contributed by atoms with E-state index in [1.54, 1.807) is 11.0 Å². The van der Waals surface area contributed by atoms with E-state index in [-0.39, 0.29) is 12.5 Å². The van der Waals surface area contributed by atoms with Gasteiger partial charge in [0.15, 0.2) is 6.61 Å². The molecule has 1 aromatic heterocycles. The number of benzene rings is 3. The number of anilines is 2. The maximum Gasteiger partial charge on any atom is 0.331 e. The summed E-state index contributed by atoms with van der Waals surface area (Å²) in [6.07, 6.45) is 4.58. The van der Waals surface area contributed by atoms with Gasteiger partial charge in [-0.05, 0) is 54.3 Å². The Morgan fingerprint density at radius 1 is 0.818 bits per heavy atom. The lowest BCUT2D eigenvalue weighted by atomic mass is 10.0. The lowest BCUT2D eigenvalue weighted by Gasteiger charge is -2.24. The normalized spacial score (nSPS) is 12.8. The number of rotatable bonds is 4. The van der Waals surface area contributed by atoms with Gasteiger partial charge in [-0.1, -0.05) is 60.7 Å². The number of fused-ring (bicyclic) bond motifs is 3. The SMILES string of the molecule is O=C(/C=C/c1ccc2ccccc2n1)OCC(=O)N1c2ccccc2CCc2ccccc21. The van der Waals surface area contributed by atoms with E-state index in [9.17, 15) is 9.59 Å². The first-order valence-corrected chi connectivity index (χ1v) is 10.9. The molecule has 162 valence electrons. The number of carbonyl (C=O) groups excluding carboxylic acids is 2. The minimum atomic E-state index is -0.588. The van der Waals surface area contributed by atoms with E-state index in [2.05, 4.69) is 4.98 Å². The molecule has 4 aromatic rings. The number of para-hydroxylation sites is 3. The van der Waals surface area contributed by atoms with E-state index >= 15 is 0 Å². The van der Waals surface area contributed by atoms with Gasteiger partial charge in [-0.25, -0.2) is 9.78 Å². The predicted octanol–water partition coefficient (Wildman–Crippen LogP) is 5.25. The molecule has 0 atom stereocenters. The van der Waals surface area contributed by atoms with Crippen LogP contribution in [-0.2, 0) is 27.2 Å². The molecule has 33 heavy (non-hydrogen) atoms. The highest BCUT2D eigenvalue weighted by Gasteiger charge is 2.26. The van der Waals surface area contributed by atoms with Crippen LogP contribution in [0.15, 0.2) is 91.0 Å². The van der Waals surface area contributed by atoms with Crippen LogP contribution in [0.25, 0.3) is 17.0 Å². The van der Waals surface area contributed by atoms with E-state index < -0.39 is 5.97 Å². The second-order valence-corrected chi connectivity index (χ2v) is 7.86. The fraction of sp³-hybridized carbons (Fsp3) is 0.107. The van der Waals surface area contributed by atoms with E-state index in [1.807, 2.05) is 84.9 Å². The number of amides is 1. The van der Waals surface area contributed by atoms with Crippen molar-refractivity contribution in [1.82, 2.24) is 4.98 Å².